The molecule has 2 aromatic rings. The van der Waals surface area contributed by atoms with Crippen LogP contribution < -0.4 is 0 Å². The third-order valence-electron chi connectivity index (χ3n) is 2.49. The Morgan fingerprint density at radius 3 is 2.86 bits per heavy atom. The van der Waals surface area contributed by atoms with Crippen molar-refractivity contribution >= 4 is 21.4 Å². The van der Waals surface area contributed by atoms with Gasteiger partial charge in [-0.1, -0.05) is 28.9 Å². The molecule has 0 atom stereocenters. The first-order chi connectivity index (χ1) is 6.76. The quantitative estimate of drug-likeness (QED) is 0.752. The number of pyridine rings is 1. The van der Waals surface area contributed by atoms with Crippen LogP contribution in [-0.4, -0.2) is 9.38 Å². The average Bonchev–Trinajstić information content (AvgIpc) is 2.55. The number of imidazole rings is 1. The Bertz CT molecular complexity index is 460. The summed E-state index contributed by atoms with van der Waals surface area (Å²) in [4.78, 5) is 4.50. The molecule has 2 rings (SSSR count). The van der Waals surface area contributed by atoms with Gasteiger partial charge < -0.3 is 4.40 Å². The summed E-state index contributed by atoms with van der Waals surface area (Å²) in [7, 11) is 0. The maximum absolute atomic E-state index is 4.50. The van der Waals surface area contributed by atoms with Crippen LogP contribution in [0.1, 0.15) is 24.0 Å². The van der Waals surface area contributed by atoms with Crippen LogP contribution in [0.4, 0.5) is 0 Å². The van der Waals surface area contributed by atoms with E-state index in [1.165, 1.54) is 11.1 Å². The molecule has 3 heteroatoms. The molecule has 2 nitrogen and oxygen atoms in total. The van der Waals surface area contributed by atoms with Crippen molar-refractivity contribution in [2.45, 2.75) is 25.6 Å². The van der Waals surface area contributed by atoms with E-state index in [2.05, 4.69) is 50.6 Å². The second-order valence-corrected chi connectivity index (χ2v) is 3.95. The zero-order valence-corrected chi connectivity index (χ0v) is 10.0. The SMILES string of the molecule is CCc1ccc2c(CBr)nc(C)n2c1. The van der Waals surface area contributed by atoms with Gasteiger partial charge in [0.2, 0.25) is 0 Å². The number of nitrogens with zero attached hydrogens (tertiary/aromatic N) is 2. The highest BCUT2D eigenvalue weighted by Crippen LogP contribution is 2.16. The summed E-state index contributed by atoms with van der Waals surface area (Å²) in [5.74, 6) is 1.06. The van der Waals surface area contributed by atoms with E-state index >= 15 is 0 Å². The normalized spacial score (nSPS) is 11.1. The molecule has 0 aliphatic rings. The number of halogens is 1. The van der Waals surface area contributed by atoms with E-state index in [-0.39, 0.29) is 0 Å². The Balaban J connectivity index is 2.70. The zero-order valence-electron chi connectivity index (χ0n) is 8.42. The first kappa shape index (κ1) is 9.71. The molecule has 74 valence electrons. The van der Waals surface area contributed by atoms with Crippen LogP contribution >= 0.6 is 15.9 Å². The van der Waals surface area contributed by atoms with E-state index in [0.717, 1.165) is 23.3 Å². The van der Waals surface area contributed by atoms with Crippen LogP contribution in [0.25, 0.3) is 5.52 Å². The molecule has 0 radical (unpaired) electrons. The van der Waals surface area contributed by atoms with Crippen LogP contribution in [0.2, 0.25) is 0 Å². The van der Waals surface area contributed by atoms with Crippen LogP contribution in [0.15, 0.2) is 18.3 Å². The minimum absolute atomic E-state index is 0.815. The van der Waals surface area contributed by atoms with E-state index in [9.17, 15) is 0 Å². The Morgan fingerprint density at radius 1 is 1.43 bits per heavy atom. The summed E-state index contributed by atoms with van der Waals surface area (Å²) in [6.45, 7) is 4.21. The summed E-state index contributed by atoms with van der Waals surface area (Å²) >= 11 is 3.45. The number of aromatic nitrogens is 2. The van der Waals surface area contributed by atoms with Gasteiger partial charge in [0.05, 0.1) is 11.2 Å². The predicted molar refractivity (Wildman–Crippen MR) is 61.9 cm³/mol. The standard InChI is InChI=1S/C11H13BrN2/c1-3-9-4-5-11-10(6-12)13-8(2)14(11)7-9/h4-5,7H,3,6H2,1-2H3. The molecular formula is C11H13BrN2. The van der Waals surface area contributed by atoms with Gasteiger partial charge >= 0.3 is 0 Å². The van der Waals surface area contributed by atoms with Crippen molar-refractivity contribution in [2.75, 3.05) is 0 Å². The lowest BCUT2D eigenvalue weighted by Crippen LogP contribution is -1.90. The molecule has 2 aromatic heterocycles. The number of alkyl halides is 1. The van der Waals surface area contributed by atoms with Crippen LogP contribution in [0.3, 0.4) is 0 Å². The predicted octanol–water partition coefficient (Wildman–Crippen LogP) is 3.10. The highest BCUT2D eigenvalue weighted by Gasteiger charge is 2.06. The van der Waals surface area contributed by atoms with Gasteiger partial charge in [0.15, 0.2) is 0 Å². The number of fused-ring (bicyclic) bond motifs is 1. The lowest BCUT2D eigenvalue weighted by atomic mass is 10.2. The topological polar surface area (TPSA) is 17.3 Å². The zero-order chi connectivity index (χ0) is 10.1. The molecule has 0 unspecified atom stereocenters. The van der Waals surface area contributed by atoms with Crippen molar-refractivity contribution in [2.24, 2.45) is 0 Å². The van der Waals surface area contributed by atoms with Gasteiger partial charge in [-0.25, -0.2) is 4.98 Å². The number of hydrogen-bond acceptors (Lipinski definition) is 1. The van der Waals surface area contributed by atoms with E-state index in [1.807, 2.05) is 6.92 Å². The van der Waals surface area contributed by atoms with Gasteiger partial charge in [-0.05, 0) is 25.0 Å². The highest BCUT2D eigenvalue weighted by molar-refractivity contribution is 9.08. The first-order valence-corrected chi connectivity index (χ1v) is 5.90. The van der Waals surface area contributed by atoms with Crippen molar-refractivity contribution in [3.63, 3.8) is 0 Å². The maximum Gasteiger partial charge on any atom is 0.110 e. The van der Waals surface area contributed by atoms with Crippen molar-refractivity contribution in [1.29, 1.82) is 0 Å². The summed E-state index contributed by atoms with van der Waals surface area (Å²) < 4.78 is 2.16. The third kappa shape index (κ3) is 1.46. The second kappa shape index (κ2) is 3.73. The Labute approximate surface area is 92.1 Å². The lowest BCUT2D eigenvalue weighted by Gasteiger charge is -2.00. The van der Waals surface area contributed by atoms with E-state index < -0.39 is 0 Å². The smallest absolute Gasteiger partial charge is 0.110 e. The Morgan fingerprint density at radius 2 is 2.21 bits per heavy atom. The lowest BCUT2D eigenvalue weighted by molar-refractivity contribution is 1.00. The van der Waals surface area contributed by atoms with E-state index in [0.29, 0.717) is 0 Å². The third-order valence-corrected chi connectivity index (χ3v) is 3.02. The number of aryl methyl sites for hydroxylation is 2. The van der Waals surface area contributed by atoms with Crippen molar-refractivity contribution in [3.05, 3.63) is 35.4 Å². The molecule has 0 fully saturated rings. The van der Waals surface area contributed by atoms with Gasteiger partial charge in [0.25, 0.3) is 0 Å². The summed E-state index contributed by atoms with van der Waals surface area (Å²) in [5, 5.41) is 0.815. The van der Waals surface area contributed by atoms with Crippen LogP contribution in [-0.2, 0) is 11.8 Å². The molecule has 0 bridgehead atoms. The fourth-order valence-electron chi connectivity index (χ4n) is 1.66. The maximum atomic E-state index is 4.50. The highest BCUT2D eigenvalue weighted by atomic mass is 79.9. The van der Waals surface area contributed by atoms with E-state index in [1.54, 1.807) is 0 Å². The monoisotopic (exact) mass is 252 g/mol. The minimum Gasteiger partial charge on any atom is -0.303 e. The van der Waals surface area contributed by atoms with Gasteiger partial charge in [0, 0.05) is 11.5 Å². The van der Waals surface area contributed by atoms with E-state index in [4.69, 9.17) is 0 Å². The molecule has 0 aromatic carbocycles. The fraction of sp³-hybridized carbons (Fsp3) is 0.364. The van der Waals surface area contributed by atoms with Gasteiger partial charge in [-0.3, -0.25) is 0 Å². The molecule has 0 amide bonds. The second-order valence-electron chi connectivity index (χ2n) is 3.39. The summed E-state index contributed by atoms with van der Waals surface area (Å²) in [6, 6.07) is 4.32. The van der Waals surface area contributed by atoms with Crippen molar-refractivity contribution < 1.29 is 0 Å². The van der Waals surface area contributed by atoms with Crippen molar-refractivity contribution in [3.8, 4) is 0 Å². The van der Waals surface area contributed by atoms with Crippen LogP contribution in [0, 0.1) is 6.92 Å². The molecule has 0 aliphatic carbocycles. The molecule has 0 saturated heterocycles. The molecule has 0 spiro atoms. The molecule has 14 heavy (non-hydrogen) atoms. The number of hydrogen-bond donors (Lipinski definition) is 0. The average molecular weight is 253 g/mol. The molecular weight excluding hydrogens is 240 g/mol. The fourth-order valence-corrected chi connectivity index (χ4v) is 2.07. The Kier molecular flexibility index (Phi) is 2.59. The molecule has 0 N–H and O–H groups in total. The summed E-state index contributed by atoms with van der Waals surface area (Å²) in [5.41, 5.74) is 3.67. The first-order valence-electron chi connectivity index (χ1n) is 4.78. The van der Waals surface area contributed by atoms with Gasteiger partial charge in [-0.15, -0.1) is 0 Å². The number of rotatable bonds is 2. The van der Waals surface area contributed by atoms with Gasteiger partial charge in [-0.2, -0.15) is 0 Å². The summed E-state index contributed by atoms with van der Waals surface area (Å²) in [6.07, 6.45) is 3.24. The molecule has 0 aliphatic heterocycles. The minimum atomic E-state index is 0.815. The Hall–Kier alpha value is -0.830. The van der Waals surface area contributed by atoms with Crippen molar-refractivity contribution in [1.82, 2.24) is 9.38 Å². The van der Waals surface area contributed by atoms with Crippen LogP contribution in [0.5, 0.6) is 0 Å². The van der Waals surface area contributed by atoms with Gasteiger partial charge in [0.1, 0.15) is 5.82 Å². The molecule has 0 saturated carbocycles. The largest absolute Gasteiger partial charge is 0.303 e. The molecule has 2 heterocycles.